The van der Waals surface area contributed by atoms with Crippen LogP contribution >= 0.6 is 0 Å². The number of carbonyl (C=O) groups is 1. The Morgan fingerprint density at radius 3 is 2.78 bits per heavy atom. The number of aromatic amines is 1. The fourth-order valence-electron chi connectivity index (χ4n) is 3.07. The monoisotopic (exact) mass is 357 g/mol. The minimum absolute atomic E-state index is 0.181. The van der Waals surface area contributed by atoms with Gasteiger partial charge in [-0.1, -0.05) is 24.3 Å². The summed E-state index contributed by atoms with van der Waals surface area (Å²) in [5.41, 5.74) is 3.98. The molecular formula is C21H15N3O3. The number of carbonyl (C=O) groups excluding carboxylic acids is 1. The van der Waals surface area contributed by atoms with E-state index in [0.29, 0.717) is 22.7 Å². The molecule has 0 saturated carbocycles. The van der Waals surface area contributed by atoms with Crippen LogP contribution in [0.4, 0.5) is 5.69 Å². The van der Waals surface area contributed by atoms with Gasteiger partial charge in [0.05, 0.1) is 11.0 Å². The molecule has 1 amide bonds. The second-order valence-electron chi connectivity index (χ2n) is 6.21. The topological polar surface area (TPSA) is 76.2 Å². The quantitative estimate of drug-likeness (QED) is 0.576. The number of rotatable bonds is 3. The molecule has 0 aliphatic carbocycles. The third kappa shape index (κ3) is 2.87. The molecular weight excluding hydrogens is 342 g/mol. The Balaban J connectivity index is 1.41. The molecule has 0 fully saturated rings. The van der Waals surface area contributed by atoms with Gasteiger partial charge in [0.2, 0.25) is 6.79 Å². The van der Waals surface area contributed by atoms with Gasteiger partial charge in [-0.2, -0.15) is 0 Å². The van der Waals surface area contributed by atoms with Crippen molar-refractivity contribution in [3.8, 4) is 22.9 Å². The van der Waals surface area contributed by atoms with Crippen molar-refractivity contribution in [3.05, 3.63) is 72.3 Å². The summed E-state index contributed by atoms with van der Waals surface area (Å²) in [6, 6.07) is 20.6. The lowest BCUT2D eigenvalue weighted by atomic mass is 10.1. The zero-order valence-corrected chi connectivity index (χ0v) is 14.2. The van der Waals surface area contributed by atoms with Crippen molar-refractivity contribution in [2.24, 2.45) is 0 Å². The van der Waals surface area contributed by atoms with Crippen molar-refractivity contribution in [1.29, 1.82) is 0 Å². The Hall–Kier alpha value is -3.80. The van der Waals surface area contributed by atoms with E-state index in [9.17, 15) is 4.79 Å². The molecule has 0 atom stereocenters. The maximum Gasteiger partial charge on any atom is 0.255 e. The molecule has 0 unspecified atom stereocenters. The number of nitrogens with one attached hydrogen (secondary N) is 2. The summed E-state index contributed by atoms with van der Waals surface area (Å²) in [5.74, 6) is 1.78. The highest BCUT2D eigenvalue weighted by molar-refractivity contribution is 6.05. The molecule has 1 aliphatic heterocycles. The first-order valence-corrected chi connectivity index (χ1v) is 8.52. The first-order chi connectivity index (χ1) is 13.3. The minimum atomic E-state index is -0.213. The summed E-state index contributed by atoms with van der Waals surface area (Å²) >= 11 is 0. The summed E-state index contributed by atoms with van der Waals surface area (Å²) in [6.45, 7) is 0.181. The lowest BCUT2D eigenvalue weighted by Gasteiger charge is -2.07. The predicted molar refractivity (Wildman–Crippen MR) is 102 cm³/mol. The molecule has 27 heavy (non-hydrogen) atoms. The van der Waals surface area contributed by atoms with E-state index >= 15 is 0 Å². The maximum absolute atomic E-state index is 12.6. The van der Waals surface area contributed by atoms with E-state index in [4.69, 9.17) is 9.47 Å². The molecule has 1 aromatic heterocycles. The Morgan fingerprint density at radius 1 is 0.963 bits per heavy atom. The standard InChI is InChI=1S/C21H15N3O3/c25-21(14-8-9-18-19(11-14)27-12-26-18)22-15-5-3-4-13(10-15)20-23-16-6-1-2-7-17(16)24-20/h1-11H,12H2,(H,22,25)(H,23,24). The highest BCUT2D eigenvalue weighted by atomic mass is 16.7. The molecule has 1 aliphatic rings. The van der Waals surface area contributed by atoms with Gasteiger partial charge in [0.1, 0.15) is 5.82 Å². The van der Waals surface area contributed by atoms with Crippen LogP contribution in [0.25, 0.3) is 22.4 Å². The fraction of sp³-hybridized carbons (Fsp3) is 0.0476. The van der Waals surface area contributed by atoms with Crippen LogP contribution in [-0.2, 0) is 0 Å². The van der Waals surface area contributed by atoms with Gasteiger partial charge in [-0.15, -0.1) is 0 Å². The number of anilines is 1. The number of amides is 1. The molecule has 6 nitrogen and oxygen atoms in total. The molecule has 0 spiro atoms. The Labute approximate surface area is 154 Å². The highest BCUT2D eigenvalue weighted by Crippen LogP contribution is 2.32. The van der Waals surface area contributed by atoms with E-state index in [1.165, 1.54) is 0 Å². The lowest BCUT2D eigenvalue weighted by Crippen LogP contribution is -2.11. The van der Waals surface area contributed by atoms with Gasteiger partial charge in [0.25, 0.3) is 5.91 Å². The van der Waals surface area contributed by atoms with Crippen LogP contribution in [0.2, 0.25) is 0 Å². The van der Waals surface area contributed by atoms with Gasteiger partial charge in [0.15, 0.2) is 11.5 Å². The molecule has 2 N–H and O–H groups in total. The van der Waals surface area contributed by atoms with Gasteiger partial charge in [0, 0.05) is 16.8 Å². The third-order valence-corrected chi connectivity index (χ3v) is 4.42. The van der Waals surface area contributed by atoms with Crippen LogP contribution in [0.15, 0.2) is 66.7 Å². The molecule has 2 heterocycles. The first kappa shape index (κ1) is 15.5. The number of fused-ring (bicyclic) bond motifs is 2. The molecule has 3 aromatic carbocycles. The van der Waals surface area contributed by atoms with Crippen molar-refractivity contribution in [1.82, 2.24) is 9.97 Å². The zero-order valence-electron chi connectivity index (χ0n) is 14.2. The number of ether oxygens (including phenoxy) is 2. The maximum atomic E-state index is 12.6. The molecule has 0 saturated heterocycles. The van der Waals surface area contributed by atoms with Gasteiger partial charge >= 0.3 is 0 Å². The van der Waals surface area contributed by atoms with Crippen molar-refractivity contribution in [2.45, 2.75) is 0 Å². The van der Waals surface area contributed by atoms with Crippen LogP contribution in [0.1, 0.15) is 10.4 Å². The third-order valence-electron chi connectivity index (χ3n) is 4.42. The molecule has 6 heteroatoms. The second-order valence-corrected chi connectivity index (χ2v) is 6.21. The Morgan fingerprint density at radius 2 is 1.85 bits per heavy atom. The molecule has 4 aromatic rings. The lowest BCUT2D eigenvalue weighted by molar-refractivity contribution is 0.102. The number of imidazole rings is 1. The number of hydrogen-bond donors (Lipinski definition) is 2. The normalized spacial score (nSPS) is 12.3. The van der Waals surface area contributed by atoms with E-state index in [-0.39, 0.29) is 12.7 Å². The predicted octanol–water partition coefficient (Wildman–Crippen LogP) is 4.21. The van der Waals surface area contributed by atoms with Crippen LogP contribution in [-0.4, -0.2) is 22.7 Å². The summed E-state index contributed by atoms with van der Waals surface area (Å²) in [7, 11) is 0. The number of H-pyrrole nitrogens is 1. The van der Waals surface area contributed by atoms with Crippen molar-refractivity contribution in [2.75, 3.05) is 12.1 Å². The summed E-state index contributed by atoms with van der Waals surface area (Å²) < 4.78 is 10.6. The van der Waals surface area contributed by atoms with Crippen LogP contribution < -0.4 is 14.8 Å². The minimum Gasteiger partial charge on any atom is -0.454 e. The Kier molecular flexibility index (Phi) is 3.53. The number of hydrogen-bond acceptors (Lipinski definition) is 4. The van der Waals surface area contributed by atoms with Crippen LogP contribution in [0.5, 0.6) is 11.5 Å². The SMILES string of the molecule is O=C(Nc1cccc(-c2nc3ccccc3[nH]2)c1)c1ccc2c(c1)OCO2. The molecule has 0 bridgehead atoms. The number of aromatic nitrogens is 2. The average molecular weight is 357 g/mol. The number of nitrogens with zero attached hydrogens (tertiary/aromatic N) is 1. The van der Waals surface area contributed by atoms with Gasteiger partial charge < -0.3 is 19.8 Å². The van der Waals surface area contributed by atoms with E-state index < -0.39 is 0 Å². The van der Waals surface area contributed by atoms with Crippen molar-refractivity contribution < 1.29 is 14.3 Å². The number of benzene rings is 3. The van der Waals surface area contributed by atoms with Crippen LogP contribution in [0.3, 0.4) is 0 Å². The van der Waals surface area contributed by atoms with E-state index in [1.54, 1.807) is 18.2 Å². The molecule has 5 rings (SSSR count). The smallest absolute Gasteiger partial charge is 0.255 e. The Bertz CT molecular complexity index is 1130. The van der Waals surface area contributed by atoms with Crippen LogP contribution in [0, 0.1) is 0 Å². The molecule has 132 valence electrons. The molecule has 0 radical (unpaired) electrons. The van der Waals surface area contributed by atoms with Gasteiger partial charge in [-0.25, -0.2) is 4.98 Å². The zero-order chi connectivity index (χ0) is 18.2. The van der Waals surface area contributed by atoms with Crippen molar-refractivity contribution in [3.63, 3.8) is 0 Å². The highest BCUT2D eigenvalue weighted by Gasteiger charge is 2.16. The van der Waals surface area contributed by atoms with E-state index in [2.05, 4.69) is 15.3 Å². The summed E-state index contributed by atoms with van der Waals surface area (Å²) in [4.78, 5) is 20.5. The number of para-hydroxylation sites is 2. The average Bonchev–Trinajstić information content (AvgIpc) is 3.34. The van der Waals surface area contributed by atoms with Gasteiger partial charge in [-0.3, -0.25) is 4.79 Å². The largest absolute Gasteiger partial charge is 0.454 e. The summed E-state index contributed by atoms with van der Waals surface area (Å²) in [5, 5.41) is 2.92. The van der Waals surface area contributed by atoms with E-state index in [1.807, 2.05) is 48.5 Å². The van der Waals surface area contributed by atoms with Gasteiger partial charge in [-0.05, 0) is 42.5 Å². The second kappa shape index (κ2) is 6.17. The first-order valence-electron chi connectivity index (χ1n) is 8.52. The fourth-order valence-corrected chi connectivity index (χ4v) is 3.07. The van der Waals surface area contributed by atoms with Crippen molar-refractivity contribution >= 4 is 22.6 Å². The van der Waals surface area contributed by atoms with E-state index in [0.717, 1.165) is 22.4 Å². The summed E-state index contributed by atoms with van der Waals surface area (Å²) in [6.07, 6.45) is 0.